The van der Waals surface area contributed by atoms with E-state index < -0.39 is 5.54 Å². The third-order valence-corrected chi connectivity index (χ3v) is 7.17. The number of carbonyl (C=O) groups is 2. The first-order chi connectivity index (χ1) is 16.5. The van der Waals surface area contributed by atoms with Gasteiger partial charge in [0, 0.05) is 36.4 Å². The molecular formula is C27H33ClN4O2. The van der Waals surface area contributed by atoms with E-state index in [1.807, 2.05) is 54.6 Å². The number of imide groups is 1. The van der Waals surface area contributed by atoms with Crippen LogP contribution < -0.4 is 5.32 Å². The van der Waals surface area contributed by atoms with Crippen molar-refractivity contribution >= 4 is 29.6 Å². The molecule has 1 aromatic carbocycles. The maximum absolute atomic E-state index is 13.6. The molecule has 4 rings (SSSR count). The number of carbonyl (C=O) groups excluding carboxylic acids is 2. The Morgan fingerprint density at radius 2 is 1.88 bits per heavy atom. The van der Waals surface area contributed by atoms with Crippen LogP contribution in [-0.4, -0.2) is 58.4 Å². The number of hydrogen-bond donors (Lipinski definition) is 1. The Bertz CT molecular complexity index is 1010. The molecule has 1 aromatic heterocycles. The molecule has 6 nitrogen and oxygen atoms in total. The van der Waals surface area contributed by atoms with Crippen LogP contribution in [0.3, 0.4) is 0 Å². The topological polar surface area (TPSA) is 65.5 Å². The molecule has 3 amide bonds. The number of halogens is 1. The average molecular weight is 481 g/mol. The highest BCUT2D eigenvalue weighted by Gasteiger charge is 2.55. The Morgan fingerprint density at radius 3 is 2.56 bits per heavy atom. The van der Waals surface area contributed by atoms with Crippen LogP contribution in [0, 0.1) is 5.92 Å². The van der Waals surface area contributed by atoms with Gasteiger partial charge in [-0.3, -0.25) is 19.6 Å². The fraction of sp³-hybridized carbons (Fsp3) is 0.444. The van der Waals surface area contributed by atoms with Crippen molar-refractivity contribution in [3.8, 4) is 0 Å². The number of aromatic nitrogens is 1. The quantitative estimate of drug-likeness (QED) is 0.528. The first-order valence-electron chi connectivity index (χ1n) is 12.2. The molecule has 2 saturated heterocycles. The van der Waals surface area contributed by atoms with Gasteiger partial charge in [0.15, 0.2) is 0 Å². The Balaban J connectivity index is 1.38. The van der Waals surface area contributed by atoms with Gasteiger partial charge in [-0.2, -0.15) is 0 Å². The highest BCUT2D eigenvalue weighted by molar-refractivity contribution is 6.31. The molecule has 2 aliphatic rings. The molecule has 0 saturated carbocycles. The standard InChI is InChI=1S/C27H33ClN4O2/c1-2-14-27(25(33)32(26(34)30-27)18-13-24-10-6-7-15-29-24)22-11-16-31(17-12-22)20-23(28)19-21-8-4-3-5-9-21/h3-10,15,19,22H,2,11-14,16-18,20H2,1H3,(H,30,34). The summed E-state index contributed by atoms with van der Waals surface area (Å²) in [5.41, 5.74) is 1.17. The number of piperidine rings is 1. The zero-order valence-electron chi connectivity index (χ0n) is 19.8. The number of hydrogen-bond acceptors (Lipinski definition) is 4. The molecule has 0 spiro atoms. The minimum absolute atomic E-state index is 0.0734. The number of nitrogens with one attached hydrogen (secondary N) is 1. The lowest BCUT2D eigenvalue weighted by Crippen LogP contribution is -2.56. The smallest absolute Gasteiger partial charge is 0.323 e. The summed E-state index contributed by atoms with van der Waals surface area (Å²) >= 11 is 6.53. The summed E-state index contributed by atoms with van der Waals surface area (Å²) in [6.45, 7) is 4.82. The molecule has 7 heteroatoms. The van der Waals surface area contributed by atoms with Crippen molar-refractivity contribution in [1.29, 1.82) is 0 Å². The zero-order valence-corrected chi connectivity index (χ0v) is 20.5. The van der Waals surface area contributed by atoms with Gasteiger partial charge in [0.2, 0.25) is 0 Å². The highest BCUT2D eigenvalue weighted by atomic mass is 35.5. The normalized spacial score (nSPS) is 22.3. The lowest BCUT2D eigenvalue weighted by Gasteiger charge is -2.41. The van der Waals surface area contributed by atoms with Crippen molar-refractivity contribution in [2.75, 3.05) is 26.2 Å². The Morgan fingerprint density at radius 1 is 1.15 bits per heavy atom. The summed E-state index contributed by atoms with van der Waals surface area (Å²) < 4.78 is 0. The maximum atomic E-state index is 13.6. The third-order valence-electron chi connectivity index (χ3n) is 6.95. The molecule has 0 radical (unpaired) electrons. The van der Waals surface area contributed by atoms with Gasteiger partial charge in [0.1, 0.15) is 5.54 Å². The second-order valence-electron chi connectivity index (χ2n) is 9.23. The number of rotatable bonds is 9. The molecule has 1 unspecified atom stereocenters. The van der Waals surface area contributed by atoms with Crippen LogP contribution in [0.1, 0.15) is 43.9 Å². The average Bonchev–Trinajstić information content (AvgIpc) is 3.09. The Kier molecular flexibility index (Phi) is 8.01. The largest absolute Gasteiger partial charge is 0.325 e. The van der Waals surface area contributed by atoms with E-state index in [0.29, 0.717) is 25.9 Å². The molecule has 2 fully saturated rings. The van der Waals surface area contributed by atoms with Crippen molar-refractivity contribution in [1.82, 2.24) is 20.1 Å². The summed E-state index contributed by atoms with van der Waals surface area (Å²) in [4.78, 5) is 34.5. The third kappa shape index (κ3) is 5.50. The Hall–Kier alpha value is -2.70. The minimum Gasteiger partial charge on any atom is -0.323 e. The van der Waals surface area contributed by atoms with Gasteiger partial charge in [-0.15, -0.1) is 0 Å². The molecule has 0 bridgehead atoms. The first kappa shape index (κ1) is 24.4. The van der Waals surface area contributed by atoms with Crippen LogP contribution in [-0.2, 0) is 11.2 Å². The van der Waals surface area contributed by atoms with E-state index in [2.05, 4.69) is 22.1 Å². The van der Waals surface area contributed by atoms with Gasteiger partial charge in [0.05, 0.1) is 0 Å². The number of pyridine rings is 1. The second-order valence-corrected chi connectivity index (χ2v) is 9.72. The van der Waals surface area contributed by atoms with Crippen LogP contribution in [0.15, 0.2) is 59.8 Å². The Labute approximate surface area is 207 Å². The van der Waals surface area contributed by atoms with Crippen LogP contribution in [0.25, 0.3) is 6.08 Å². The van der Waals surface area contributed by atoms with Crippen molar-refractivity contribution < 1.29 is 9.59 Å². The van der Waals surface area contributed by atoms with Crippen molar-refractivity contribution in [2.45, 2.75) is 44.6 Å². The van der Waals surface area contributed by atoms with Gasteiger partial charge in [0.25, 0.3) is 5.91 Å². The molecule has 2 aromatic rings. The predicted octanol–water partition coefficient (Wildman–Crippen LogP) is 4.71. The van der Waals surface area contributed by atoms with Gasteiger partial charge in [-0.05, 0) is 62.0 Å². The highest BCUT2D eigenvalue weighted by Crippen LogP contribution is 2.37. The first-order valence-corrected chi connectivity index (χ1v) is 12.6. The molecule has 3 heterocycles. The molecule has 34 heavy (non-hydrogen) atoms. The van der Waals surface area contributed by atoms with E-state index in [4.69, 9.17) is 11.6 Å². The predicted molar refractivity (Wildman–Crippen MR) is 135 cm³/mol. The van der Waals surface area contributed by atoms with E-state index >= 15 is 0 Å². The molecule has 1 N–H and O–H groups in total. The molecule has 0 aliphatic carbocycles. The van der Waals surface area contributed by atoms with Gasteiger partial charge in [-0.25, -0.2) is 4.79 Å². The van der Waals surface area contributed by atoms with Gasteiger partial charge in [-0.1, -0.05) is 61.3 Å². The molecular weight excluding hydrogens is 448 g/mol. The van der Waals surface area contributed by atoms with E-state index in [9.17, 15) is 9.59 Å². The van der Waals surface area contributed by atoms with E-state index in [-0.39, 0.29) is 17.9 Å². The summed E-state index contributed by atoms with van der Waals surface area (Å²) in [7, 11) is 0. The number of amides is 3. The summed E-state index contributed by atoms with van der Waals surface area (Å²) in [5.74, 6) is 0.0487. The number of benzene rings is 1. The lowest BCUT2D eigenvalue weighted by atomic mass is 9.75. The van der Waals surface area contributed by atoms with Gasteiger partial charge < -0.3 is 5.32 Å². The SMILES string of the molecule is CCCC1(C2CCN(CC(Cl)=Cc3ccccc3)CC2)NC(=O)N(CCc2ccccn2)C1=O. The number of likely N-dealkylation sites (tertiary alicyclic amines) is 1. The van der Waals surface area contributed by atoms with Crippen LogP contribution >= 0.6 is 11.6 Å². The van der Waals surface area contributed by atoms with Crippen LogP contribution in [0.5, 0.6) is 0 Å². The van der Waals surface area contributed by atoms with Crippen molar-refractivity contribution in [2.24, 2.45) is 5.92 Å². The van der Waals surface area contributed by atoms with E-state index in [1.165, 1.54) is 4.90 Å². The number of urea groups is 1. The van der Waals surface area contributed by atoms with Crippen LogP contribution in [0.2, 0.25) is 0 Å². The molecule has 1 atom stereocenters. The second kappa shape index (κ2) is 11.2. The summed E-state index contributed by atoms with van der Waals surface area (Å²) in [6, 6.07) is 15.5. The number of nitrogens with zero attached hydrogens (tertiary/aromatic N) is 3. The summed E-state index contributed by atoms with van der Waals surface area (Å²) in [5, 5.41) is 3.93. The van der Waals surface area contributed by atoms with Crippen LogP contribution in [0.4, 0.5) is 4.79 Å². The van der Waals surface area contributed by atoms with Gasteiger partial charge >= 0.3 is 6.03 Å². The fourth-order valence-corrected chi connectivity index (χ4v) is 5.53. The van der Waals surface area contributed by atoms with Crippen molar-refractivity contribution in [3.05, 3.63) is 71.0 Å². The molecule has 2 aliphatic heterocycles. The maximum Gasteiger partial charge on any atom is 0.325 e. The lowest BCUT2D eigenvalue weighted by molar-refractivity contribution is -0.134. The monoisotopic (exact) mass is 480 g/mol. The van der Waals surface area contributed by atoms with E-state index in [0.717, 1.165) is 48.6 Å². The van der Waals surface area contributed by atoms with E-state index in [1.54, 1.807) is 6.20 Å². The summed E-state index contributed by atoms with van der Waals surface area (Å²) in [6.07, 6.45) is 7.52. The van der Waals surface area contributed by atoms with Crippen molar-refractivity contribution in [3.63, 3.8) is 0 Å². The minimum atomic E-state index is -0.800. The zero-order chi connectivity index (χ0) is 24.0. The fourth-order valence-electron chi connectivity index (χ4n) is 5.24. The molecule has 180 valence electrons.